The first-order valence-corrected chi connectivity index (χ1v) is 7.23. The number of hydrogen-bond acceptors (Lipinski definition) is 3. The maximum absolute atomic E-state index is 6.25. The van der Waals surface area contributed by atoms with Crippen molar-refractivity contribution in [3.8, 4) is 0 Å². The van der Waals surface area contributed by atoms with Gasteiger partial charge in [0.2, 0.25) is 0 Å². The van der Waals surface area contributed by atoms with Crippen molar-refractivity contribution in [2.75, 3.05) is 0 Å². The van der Waals surface area contributed by atoms with Gasteiger partial charge in [-0.2, -0.15) is 11.3 Å². The van der Waals surface area contributed by atoms with Crippen LogP contribution in [-0.2, 0) is 12.8 Å². The molecule has 18 heavy (non-hydrogen) atoms. The second kappa shape index (κ2) is 6.34. The van der Waals surface area contributed by atoms with Crippen LogP contribution < -0.4 is 11.3 Å². The highest BCUT2D eigenvalue weighted by atomic mass is 35.5. The Morgan fingerprint density at radius 3 is 2.78 bits per heavy atom. The lowest BCUT2D eigenvalue weighted by Gasteiger charge is -2.16. The Labute approximate surface area is 117 Å². The van der Waals surface area contributed by atoms with Gasteiger partial charge < -0.3 is 0 Å². The molecule has 0 saturated heterocycles. The lowest BCUT2D eigenvalue weighted by Crippen LogP contribution is -2.38. The number of halogens is 1. The van der Waals surface area contributed by atoms with E-state index in [4.69, 9.17) is 17.4 Å². The molecule has 2 aromatic rings. The molecule has 96 valence electrons. The normalized spacial score (nSPS) is 12.6. The summed E-state index contributed by atoms with van der Waals surface area (Å²) in [4.78, 5) is 0. The minimum atomic E-state index is 0.208. The second-order valence-electron chi connectivity index (χ2n) is 4.50. The molecule has 0 aliphatic heterocycles. The average molecular weight is 281 g/mol. The van der Waals surface area contributed by atoms with Gasteiger partial charge in [0.1, 0.15) is 0 Å². The smallest absolute Gasteiger partial charge is 0.0441 e. The van der Waals surface area contributed by atoms with Crippen LogP contribution in [0.5, 0.6) is 0 Å². The first kappa shape index (κ1) is 13.6. The van der Waals surface area contributed by atoms with Crippen LogP contribution in [0.25, 0.3) is 0 Å². The molecular weight excluding hydrogens is 264 g/mol. The van der Waals surface area contributed by atoms with Gasteiger partial charge >= 0.3 is 0 Å². The average Bonchev–Trinajstić information content (AvgIpc) is 2.84. The molecule has 0 amide bonds. The van der Waals surface area contributed by atoms with Crippen LogP contribution in [0.4, 0.5) is 0 Å². The summed E-state index contributed by atoms with van der Waals surface area (Å²) in [6.07, 6.45) is 1.76. The lowest BCUT2D eigenvalue weighted by molar-refractivity contribution is 0.523. The van der Waals surface area contributed by atoms with Gasteiger partial charge in [-0.25, -0.2) is 0 Å². The van der Waals surface area contributed by atoms with Crippen LogP contribution in [0.1, 0.15) is 16.7 Å². The zero-order valence-corrected chi connectivity index (χ0v) is 11.9. The van der Waals surface area contributed by atoms with Gasteiger partial charge in [0, 0.05) is 11.1 Å². The summed E-state index contributed by atoms with van der Waals surface area (Å²) < 4.78 is 0. The Balaban J connectivity index is 2.05. The zero-order chi connectivity index (χ0) is 13.0. The van der Waals surface area contributed by atoms with E-state index in [0.29, 0.717) is 0 Å². The largest absolute Gasteiger partial charge is 0.271 e. The minimum absolute atomic E-state index is 0.208. The number of rotatable bonds is 5. The molecule has 0 bridgehead atoms. The van der Waals surface area contributed by atoms with E-state index in [2.05, 4.69) is 34.4 Å². The first-order chi connectivity index (χ1) is 8.69. The van der Waals surface area contributed by atoms with Crippen molar-refractivity contribution in [1.82, 2.24) is 5.43 Å². The first-order valence-electron chi connectivity index (χ1n) is 5.91. The van der Waals surface area contributed by atoms with Crippen molar-refractivity contribution in [2.24, 2.45) is 5.84 Å². The molecule has 2 nitrogen and oxygen atoms in total. The third kappa shape index (κ3) is 3.56. The summed E-state index contributed by atoms with van der Waals surface area (Å²) in [6, 6.07) is 8.50. The molecule has 0 aliphatic rings. The number of benzene rings is 1. The fraction of sp³-hybridized carbons (Fsp3) is 0.286. The topological polar surface area (TPSA) is 38.0 Å². The SMILES string of the molecule is Cc1ccc(CC(Cc2ccsc2)NN)c(Cl)c1. The van der Waals surface area contributed by atoms with Crippen LogP contribution in [0.15, 0.2) is 35.0 Å². The molecule has 0 radical (unpaired) electrons. The number of nitrogens with one attached hydrogen (secondary N) is 1. The number of aryl methyl sites for hydroxylation is 1. The fourth-order valence-corrected chi connectivity index (χ4v) is 2.96. The van der Waals surface area contributed by atoms with Crippen molar-refractivity contribution >= 4 is 22.9 Å². The molecule has 1 unspecified atom stereocenters. The van der Waals surface area contributed by atoms with Gasteiger partial charge in [0.15, 0.2) is 0 Å². The Morgan fingerprint density at radius 1 is 1.33 bits per heavy atom. The molecule has 2 rings (SSSR count). The van der Waals surface area contributed by atoms with Crippen LogP contribution >= 0.6 is 22.9 Å². The summed E-state index contributed by atoms with van der Waals surface area (Å²) in [5, 5.41) is 5.06. The van der Waals surface area contributed by atoms with Crippen LogP contribution in [0, 0.1) is 6.92 Å². The molecule has 3 N–H and O–H groups in total. The summed E-state index contributed by atoms with van der Waals surface area (Å²) in [7, 11) is 0. The van der Waals surface area contributed by atoms with Crippen molar-refractivity contribution in [2.45, 2.75) is 25.8 Å². The highest BCUT2D eigenvalue weighted by Crippen LogP contribution is 2.20. The van der Waals surface area contributed by atoms with E-state index in [1.54, 1.807) is 11.3 Å². The van der Waals surface area contributed by atoms with Crippen LogP contribution in [0.2, 0.25) is 5.02 Å². The highest BCUT2D eigenvalue weighted by molar-refractivity contribution is 7.07. The monoisotopic (exact) mass is 280 g/mol. The molecule has 0 aliphatic carbocycles. The van der Waals surface area contributed by atoms with Gasteiger partial charge in [-0.05, 0) is 59.3 Å². The van der Waals surface area contributed by atoms with Gasteiger partial charge in [0.25, 0.3) is 0 Å². The van der Waals surface area contributed by atoms with Gasteiger partial charge in [-0.15, -0.1) is 0 Å². The van der Waals surface area contributed by atoms with Crippen molar-refractivity contribution in [3.63, 3.8) is 0 Å². The van der Waals surface area contributed by atoms with Crippen molar-refractivity contribution in [1.29, 1.82) is 0 Å². The summed E-state index contributed by atoms with van der Waals surface area (Å²) in [5.41, 5.74) is 6.51. The highest BCUT2D eigenvalue weighted by Gasteiger charge is 2.11. The molecule has 1 atom stereocenters. The Hall–Kier alpha value is -0.870. The molecule has 0 saturated carbocycles. The molecule has 4 heteroatoms. The summed E-state index contributed by atoms with van der Waals surface area (Å²) >= 11 is 7.95. The summed E-state index contributed by atoms with van der Waals surface area (Å²) in [5.74, 6) is 5.63. The van der Waals surface area contributed by atoms with E-state index in [-0.39, 0.29) is 6.04 Å². The number of hydrogen-bond donors (Lipinski definition) is 2. The Bertz CT molecular complexity index is 497. The summed E-state index contributed by atoms with van der Waals surface area (Å²) in [6.45, 7) is 2.04. The van der Waals surface area contributed by atoms with Gasteiger partial charge in [-0.1, -0.05) is 23.7 Å². The number of hydrazine groups is 1. The van der Waals surface area contributed by atoms with Gasteiger partial charge in [0.05, 0.1) is 0 Å². The van der Waals surface area contributed by atoms with E-state index in [1.807, 2.05) is 13.0 Å². The lowest BCUT2D eigenvalue weighted by atomic mass is 10.0. The Kier molecular flexibility index (Phi) is 4.78. The number of thiophene rings is 1. The maximum Gasteiger partial charge on any atom is 0.0441 e. The van der Waals surface area contributed by atoms with E-state index < -0.39 is 0 Å². The second-order valence-corrected chi connectivity index (χ2v) is 5.69. The molecule has 0 spiro atoms. The van der Waals surface area contributed by atoms with Crippen LogP contribution in [0.3, 0.4) is 0 Å². The van der Waals surface area contributed by atoms with Crippen molar-refractivity contribution in [3.05, 3.63) is 56.7 Å². The quantitative estimate of drug-likeness (QED) is 0.651. The van der Waals surface area contributed by atoms with Crippen LogP contribution in [-0.4, -0.2) is 6.04 Å². The predicted octanol–water partition coefficient (Wildman–Crippen LogP) is 3.33. The van der Waals surface area contributed by atoms with Gasteiger partial charge in [-0.3, -0.25) is 11.3 Å². The molecule has 1 heterocycles. The number of nitrogens with two attached hydrogens (primary N) is 1. The van der Waals surface area contributed by atoms with E-state index in [9.17, 15) is 0 Å². The third-order valence-corrected chi connectivity index (χ3v) is 4.06. The van der Waals surface area contributed by atoms with E-state index in [1.165, 1.54) is 11.1 Å². The third-order valence-electron chi connectivity index (χ3n) is 2.97. The standard InChI is InChI=1S/C14H17ClN2S/c1-10-2-3-12(14(15)6-10)8-13(17-16)7-11-4-5-18-9-11/h2-6,9,13,17H,7-8,16H2,1H3. The predicted molar refractivity (Wildman–Crippen MR) is 79.0 cm³/mol. The Morgan fingerprint density at radius 2 is 2.17 bits per heavy atom. The molecule has 1 aromatic carbocycles. The fourth-order valence-electron chi connectivity index (χ4n) is 1.97. The maximum atomic E-state index is 6.25. The van der Waals surface area contributed by atoms with E-state index in [0.717, 1.165) is 23.4 Å². The minimum Gasteiger partial charge on any atom is -0.271 e. The van der Waals surface area contributed by atoms with E-state index >= 15 is 0 Å². The molecule has 1 aromatic heterocycles. The van der Waals surface area contributed by atoms with Crippen molar-refractivity contribution < 1.29 is 0 Å². The molecular formula is C14H17ClN2S. The molecule has 0 fully saturated rings. The zero-order valence-electron chi connectivity index (χ0n) is 10.3.